The zero-order valence-electron chi connectivity index (χ0n) is 18.8. The summed E-state index contributed by atoms with van der Waals surface area (Å²) in [6, 6.07) is 11.6. The number of likely N-dealkylation sites (tertiary alicyclic amines) is 1. The van der Waals surface area contributed by atoms with Crippen LogP contribution in [-0.4, -0.2) is 57.9 Å². The summed E-state index contributed by atoms with van der Waals surface area (Å²) in [5, 5.41) is 18.7. The van der Waals surface area contributed by atoms with Gasteiger partial charge in [0.05, 0.1) is 25.1 Å². The maximum atomic E-state index is 12.0. The second-order valence-electron chi connectivity index (χ2n) is 8.38. The molecule has 33 heavy (non-hydrogen) atoms. The number of ether oxygens (including phenoxy) is 1. The molecule has 0 unspecified atom stereocenters. The third kappa shape index (κ3) is 5.85. The average molecular weight is 445 g/mol. The number of hydrogen-bond donors (Lipinski definition) is 1. The Kier molecular flexibility index (Phi) is 7.48. The lowest BCUT2D eigenvalue weighted by Gasteiger charge is -2.35. The van der Waals surface area contributed by atoms with Crippen LogP contribution in [0.15, 0.2) is 48.8 Å². The third-order valence-corrected chi connectivity index (χ3v) is 6.31. The van der Waals surface area contributed by atoms with Crippen LogP contribution in [0.2, 0.25) is 0 Å². The van der Waals surface area contributed by atoms with Gasteiger partial charge in [0.1, 0.15) is 11.4 Å². The van der Waals surface area contributed by atoms with Crippen LogP contribution in [-0.2, 0) is 11.2 Å². The van der Waals surface area contributed by atoms with Gasteiger partial charge < -0.3 is 9.84 Å². The highest BCUT2D eigenvalue weighted by molar-refractivity contribution is 5.83. The van der Waals surface area contributed by atoms with E-state index in [2.05, 4.69) is 38.0 Å². The quantitative estimate of drug-likeness (QED) is 0.559. The molecule has 2 atom stereocenters. The van der Waals surface area contributed by atoms with Crippen LogP contribution >= 0.6 is 0 Å². The number of carboxylic acid groups (broad SMARTS) is 1. The minimum Gasteiger partial charge on any atom is -0.497 e. The number of methoxy groups -OCH3 is 1. The first kappa shape index (κ1) is 22.7. The van der Waals surface area contributed by atoms with Gasteiger partial charge in [0.25, 0.3) is 0 Å². The number of fused-ring (bicyclic) bond motifs is 1. The molecule has 1 aliphatic heterocycles. The first-order chi connectivity index (χ1) is 16.1. The van der Waals surface area contributed by atoms with E-state index >= 15 is 0 Å². The highest BCUT2D eigenvalue weighted by atomic mass is 16.5. The smallest absolute Gasteiger partial charge is 0.308 e. The molecule has 0 saturated carbocycles. The fourth-order valence-corrected chi connectivity index (χ4v) is 4.53. The Morgan fingerprint density at radius 3 is 2.97 bits per heavy atom. The number of rotatable bonds is 7. The Balaban J connectivity index is 1.34. The molecule has 0 spiro atoms. The van der Waals surface area contributed by atoms with E-state index < -0.39 is 5.97 Å². The van der Waals surface area contributed by atoms with Crippen molar-refractivity contribution in [3.05, 3.63) is 60.0 Å². The molecule has 1 saturated heterocycles. The molecule has 7 heteroatoms. The van der Waals surface area contributed by atoms with E-state index in [1.807, 2.05) is 30.5 Å². The minimum atomic E-state index is -0.717. The second-order valence-corrected chi connectivity index (χ2v) is 8.38. The molecule has 3 aromatic rings. The van der Waals surface area contributed by atoms with E-state index in [-0.39, 0.29) is 11.8 Å². The molecule has 0 radical (unpaired) electrons. The molecular formula is C26H28N4O3. The van der Waals surface area contributed by atoms with Crippen LogP contribution in [0.5, 0.6) is 5.75 Å². The Labute approximate surface area is 193 Å². The van der Waals surface area contributed by atoms with Gasteiger partial charge >= 0.3 is 5.97 Å². The van der Waals surface area contributed by atoms with Gasteiger partial charge in [-0.25, -0.2) is 0 Å². The number of aliphatic carboxylic acids is 1. The highest BCUT2D eigenvalue weighted by Gasteiger charge is 2.33. The molecular weight excluding hydrogens is 416 g/mol. The van der Waals surface area contributed by atoms with E-state index in [1.165, 1.54) is 5.56 Å². The molecule has 170 valence electrons. The molecule has 1 N–H and O–H groups in total. The number of aryl methyl sites for hydroxylation is 1. The number of carbonyl (C=O) groups is 1. The van der Waals surface area contributed by atoms with Gasteiger partial charge in [-0.3, -0.25) is 14.7 Å². The van der Waals surface area contributed by atoms with Crippen LogP contribution in [0.1, 0.15) is 30.5 Å². The van der Waals surface area contributed by atoms with E-state index in [0.717, 1.165) is 48.9 Å². The van der Waals surface area contributed by atoms with Crippen LogP contribution in [0.25, 0.3) is 10.9 Å². The van der Waals surface area contributed by atoms with Crippen molar-refractivity contribution < 1.29 is 14.6 Å². The molecule has 0 bridgehead atoms. The van der Waals surface area contributed by atoms with Crippen molar-refractivity contribution in [2.24, 2.45) is 11.8 Å². The number of carboxylic acids is 1. The van der Waals surface area contributed by atoms with Gasteiger partial charge in [0, 0.05) is 24.3 Å². The Morgan fingerprint density at radius 1 is 1.27 bits per heavy atom. The fraction of sp³-hybridized carbons (Fsp3) is 0.385. The number of benzene rings is 1. The summed E-state index contributed by atoms with van der Waals surface area (Å²) < 4.78 is 5.37. The van der Waals surface area contributed by atoms with Crippen LogP contribution in [0.4, 0.5) is 0 Å². The van der Waals surface area contributed by atoms with Gasteiger partial charge in [-0.05, 0) is 86.0 Å². The predicted molar refractivity (Wildman–Crippen MR) is 126 cm³/mol. The zero-order valence-corrected chi connectivity index (χ0v) is 18.8. The van der Waals surface area contributed by atoms with Gasteiger partial charge in [0.2, 0.25) is 0 Å². The van der Waals surface area contributed by atoms with Crippen molar-refractivity contribution in [3.8, 4) is 17.6 Å². The summed E-state index contributed by atoms with van der Waals surface area (Å²) in [6.45, 7) is 1.93. The van der Waals surface area contributed by atoms with Gasteiger partial charge in [-0.15, -0.1) is 5.10 Å². The number of piperidine rings is 1. The highest BCUT2D eigenvalue weighted by Crippen LogP contribution is 2.30. The molecule has 1 aliphatic rings. The number of pyridine rings is 1. The van der Waals surface area contributed by atoms with E-state index in [9.17, 15) is 9.90 Å². The first-order valence-corrected chi connectivity index (χ1v) is 11.3. The topological polar surface area (TPSA) is 88.4 Å². The van der Waals surface area contributed by atoms with Crippen molar-refractivity contribution in [1.29, 1.82) is 0 Å². The van der Waals surface area contributed by atoms with Crippen molar-refractivity contribution in [2.45, 2.75) is 25.7 Å². The van der Waals surface area contributed by atoms with Crippen LogP contribution in [0.3, 0.4) is 0 Å². The summed E-state index contributed by atoms with van der Waals surface area (Å²) in [7, 11) is 1.66. The maximum absolute atomic E-state index is 12.0. The molecule has 3 heterocycles. The van der Waals surface area contributed by atoms with E-state index in [1.54, 1.807) is 19.4 Å². The van der Waals surface area contributed by atoms with Crippen molar-refractivity contribution in [3.63, 3.8) is 0 Å². The van der Waals surface area contributed by atoms with Crippen molar-refractivity contribution >= 4 is 16.9 Å². The van der Waals surface area contributed by atoms with E-state index in [4.69, 9.17) is 4.74 Å². The molecule has 1 fully saturated rings. The Bertz CT molecular complexity index is 1160. The molecule has 2 aromatic heterocycles. The molecule has 0 amide bonds. The van der Waals surface area contributed by atoms with Gasteiger partial charge in [0.15, 0.2) is 0 Å². The summed E-state index contributed by atoms with van der Waals surface area (Å²) in [5.41, 5.74) is 2.80. The van der Waals surface area contributed by atoms with Crippen LogP contribution in [0, 0.1) is 23.7 Å². The lowest BCUT2D eigenvalue weighted by Crippen LogP contribution is -2.44. The van der Waals surface area contributed by atoms with Gasteiger partial charge in [-0.1, -0.05) is 5.92 Å². The average Bonchev–Trinajstić information content (AvgIpc) is 2.85. The second kappa shape index (κ2) is 10.9. The number of aromatic nitrogens is 3. The Morgan fingerprint density at radius 2 is 2.18 bits per heavy atom. The fourth-order valence-electron chi connectivity index (χ4n) is 4.53. The van der Waals surface area contributed by atoms with E-state index in [0.29, 0.717) is 18.8 Å². The molecule has 7 nitrogen and oxygen atoms in total. The minimum absolute atomic E-state index is 0.175. The summed E-state index contributed by atoms with van der Waals surface area (Å²) in [5.74, 6) is 6.00. The standard InChI is InChI=1S/C26H28N4O3/c1-33-22-9-10-25-23(17-22)19(11-14-27-25)5-2-6-20-12-16-30(18-24(20)26(31)32)15-4-8-21-7-3-13-28-29-21/h3,7,9-11,13-14,17,20,24H,2,5-6,12,15-16,18H2,1H3,(H,31,32)/t20-,24+/m1/s1. The third-order valence-electron chi connectivity index (χ3n) is 6.31. The van der Waals surface area contributed by atoms with Crippen LogP contribution < -0.4 is 4.74 Å². The number of hydrogen-bond acceptors (Lipinski definition) is 6. The SMILES string of the molecule is COc1ccc2nccc(CCC[C@@H]3CCN(CC#Cc4cccnn4)C[C@@H]3C(=O)O)c2c1. The largest absolute Gasteiger partial charge is 0.497 e. The summed E-state index contributed by atoms with van der Waals surface area (Å²) in [6.07, 6.45) is 7.05. The number of nitrogens with zero attached hydrogens (tertiary/aromatic N) is 4. The molecule has 4 rings (SSSR count). The van der Waals surface area contributed by atoms with Gasteiger partial charge in [-0.2, -0.15) is 5.10 Å². The summed E-state index contributed by atoms with van der Waals surface area (Å²) in [4.78, 5) is 18.6. The van der Waals surface area contributed by atoms with Crippen molar-refractivity contribution in [2.75, 3.05) is 26.7 Å². The lowest BCUT2D eigenvalue weighted by molar-refractivity contribution is -0.146. The molecule has 0 aliphatic carbocycles. The van der Waals surface area contributed by atoms with Crippen molar-refractivity contribution in [1.82, 2.24) is 20.1 Å². The Hall–Kier alpha value is -3.50. The lowest BCUT2D eigenvalue weighted by atomic mass is 9.81. The molecule has 1 aromatic carbocycles. The zero-order chi connectivity index (χ0) is 23.0. The first-order valence-electron chi connectivity index (χ1n) is 11.3. The summed E-state index contributed by atoms with van der Waals surface area (Å²) >= 11 is 0. The monoisotopic (exact) mass is 444 g/mol. The normalized spacial score (nSPS) is 18.5. The maximum Gasteiger partial charge on any atom is 0.308 e. The predicted octanol–water partition coefficient (Wildman–Crippen LogP) is 3.43.